The van der Waals surface area contributed by atoms with Crippen LogP contribution in [-0.2, 0) is 0 Å². The van der Waals surface area contributed by atoms with Gasteiger partial charge in [-0.1, -0.05) is 11.6 Å². The van der Waals surface area contributed by atoms with Crippen molar-refractivity contribution in [1.29, 1.82) is 5.26 Å². The van der Waals surface area contributed by atoms with Crippen molar-refractivity contribution in [2.45, 2.75) is 0 Å². The number of hydrogen-bond acceptors (Lipinski definition) is 4. The molecule has 0 N–H and O–H groups in total. The zero-order valence-electron chi connectivity index (χ0n) is 13.8. The molecule has 0 saturated carbocycles. The standard InChI is InChI=1S/C20H13ClN4O/c1-26-17-8-2-13(3-9-17)18-20-19(24-12-23-18)14(10-22)11-25(20)16-6-4-15(21)5-7-16/h2-9,11-12H,1H3. The van der Waals surface area contributed by atoms with Crippen LogP contribution < -0.4 is 4.74 Å². The molecule has 0 aliphatic heterocycles. The Labute approximate surface area is 155 Å². The summed E-state index contributed by atoms with van der Waals surface area (Å²) in [6, 6.07) is 17.3. The Bertz CT molecular complexity index is 1130. The van der Waals surface area contributed by atoms with E-state index < -0.39 is 0 Å². The number of benzene rings is 2. The fourth-order valence-corrected chi connectivity index (χ4v) is 3.03. The predicted octanol–water partition coefficient (Wildman–Crippen LogP) is 4.62. The summed E-state index contributed by atoms with van der Waals surface area (Å²) in [5.41, 5.74) is 4.42. The van der Waals surface area contributed by atoms with Crippen LogP contribution in [0.2, 0.25) is 5.02 Å². The third-order valence-corrected chi connectivity index (χ3v) is 4.42. The lowest BCUT2D eigenvalue weighted by Gasteiger charge is -2.09. The molecule has 126 valence electrons. The van der Waals surface area contributed by atoms with Gasteiger partial charge in [0.15, 0.2) is 0 Å². The van der Waals surface area contributed by atoms with Gasteiger partial charge in [0.25, 0.3) is 0 Å². The van der Waals surface area contributed by atoms with Crippen LogP contribution in [0.1, 0.15) is 5.56 Å². The maximum Gasteiger partial charge on any atom is 0.118 e. The summed E-state index contributed by atoms with van der Waals surface area (Å²) >= 11 is 6.01. The topological polar surface area (TPSA) is 63.7 Å². The lowest BCUT2D eigenvalue weighted by molar-refractivity contribution is 0.415. The molecule has 0 unspecified atom stereocenters. The van der Waals surface area contributed by atoms with Crippen LogP contribution in [-0.4, -0.2) is 21.6 Å². The number of nitrogens with zero attached hydrogens (tertiary/aromatic N) is 4. The normalized spacial score (nSPS) is 10.7. The Morgan fingerprint density at radius 3 is 2.42 bits per heavy atom. The highest BCUT2D eigenvalue weighted by Crippen LogP contribution is 2.31. The maximum atomic E-state index is 9.51. The van der Waals surface area contributed by atoms with Crippen LogP contribution in [0.4, 0.5) is 0 Å². The van der Waals surface area contributed by atoms with Gasteiger partial charge in [-0.05, 0) is 48.5 Å². The molecule has 2 aromatic heterocycles. The Balaban J connectivity index is 2.00. The molecule has 6 heteroatoms. The first-order valence-electron chi connectivity index (χ1n) is 7.88. The molecule has 0 spiro atoms. The second kappa shape index (κ2) is 6.51. The number of rotatable bonds is 3. The van der Waals surface area contributed by atoms with Gasteiger partial charge in [-0.25, -0.2) is 9.97 Å². The van der Waals surface area contributed by atoms with E-state index in [4.69, 9.17) is 16.3 Å². The quantitative estimate of drug-likeness (QED) is 0.534. The fourth-order valence-electron chi connectivity index (χ4n) is 2.91. The van der Waals surface area contributed by atoms with E-state index in [-0.39, 0.29) is 0 Å². The van der Waals surface area contributed by atoms with Crippen molar-refractivity contribution in [1.82, 2.24) is 14.5 Å². The van der Waals surface area contributed by atoms with E-state index in [0.717, 1.165) is 28.2 Å². The van der Waals surface area contributed by atoms with Crippen LogP contribution in [0.15, 0.2) is 61.1 Å². The van der Waals surface area contributed by atoms with Crippen molar-refractivity contribution >= 4 is 22.6 Å². The van der Waals surface area contributed by atoms with Crippen molar-refractivity contribution in [2.24, 2.45) is 0 Å². The van der Waals surface area contributed by atoms with Crippen molar-refractivity contribution in [3.63, 3.8) is 0 Å². The van der Waals surface area contributed by atoms with Gasteiger partial charge in [0.1, 0.15) is 23.7 Å². The lowest BCUT2D eigenvalue weighted by Crippen LogP contribution is -1.96. The van der Waals surface area contributed by atoms with Crippen LogP contribution in [0.25, 0.3) is 28.0 Å². The second-order valence-corrected chi connectivity index (χ2v) is 6.09. The number of nitriles is 1. The van der Waals surface area contributed by atoms with Crippen LogP contribution in [0.3, 0.4) is 0 Å². The molecule has 0 radical (unpaired) electrons. The molecule has 0 atom stereocenters. The van der Waals surface area contributed by atoms with Crippen molar-refractivity contribution in [3.05, 3.63) is 71.6 Å². The minimum Gasteiger partial charge on any atom is -0.497 e. The molecule has 0 fully saturated rings. The molecule has 2 aromatic carbocycles. The third-order valence-electron chi connectivity index (χ3n) is 4.17. The first-order valence-corrected chi connectivity index (χ1v) is 8.25. The third kappa shape index (κ3) is 2.67. The Morgan fingerprint density at radius 1 is 1.04 bits per heavy atom. The van der Waals surface area contributed by atoms with E-state index >= 15 is 0 Å². The van der Waals surface area contributed by atoms with Gasteiger partial charge in [0, 0.05) is 22.5 Å². The van der Waals surface area contributed by atoms with Gasteiger partial charge in [0.05, 0.1) is 23.9 Å². The van der Waals surface area contributed by atoms with Crippen LogP contribution in [0, 0.1) is 11.3 Å². The second-order valence-electron chi connectivity index (χ2n) is 5.65. The molecule has 4 rings (SSSR count). The summed E-state index contributed by atoms with van der Waals surface area (Å²) in [5.74, 6) is 0.768. The van der Waals surface area contributed by atoms with E-state index in [2.05, 4.69) is 16.0 Å². The Morgan fingerprint density at radius 2 is 1.77 bits per heavy atom. The number of halogens is 1. The van der Waals surface area contributed by atoms with Crippen molar-refractivity contribution in [3.8, 4) is 28.8 Å². The van der Waals surface area contributed by atoms with Crippen LogP contribution >= 0.6 is 11.6 Å². The molecule has 26 heavy (non-hydrogen) atoms. The average Bonchev–Trinajstić information content (AvgIpc) is 3.07. The molecular weight excluding hydrogens is 348 g/mol. The fraction of sp³-hybridized carbons (Fsp3) is 0.0500. The van der Waals surface area contributed by atoms with Crippen molar-refractivity contribution < 1.29 is 4.74 Å². The van der Waals surface area contributed by atoms with Gasteiger partial charge >= 0.3 is 0 Å². The van der Waals surface area contributed by atoms with E-state index in [1.54, 1.807) is 13.3 Å². The van der Waals surface area contributed by atoms with Crippen molar-refractivity contribution in [2.75, 3.05) is 7.11 Å². The van der Waals surface area contributed by atoms with Gasteiger partial charge in [0.2, 0.25) is 0 Å². The minimum atomic E-state index is 0.493. The average molecular weight is 361 g/mol. The number of methoxy groups -OCH3 is 1. The summed E-state index contributed by atoms with van der Waals surface area (Å²) in [7, 11) is 1.63. The molecule has 2 heterocycles. The smallest absolute Gasteiger partial charge is 0.118 e. The molecule has 5 nitrogen and oxygen atoms in total. The maximum absolute atomic E-state index is 9.51. The van der Waals surface area contributed by atoms with Gasteiger partial charge in [-0.15, -0.1) is 0 Å². The zero-order valence-corrected chi connectivity index (χ0v) is 14.6. The van der Waals surface area contributed by atoms with E-state index in [1.165, 1.54) is 6.33 Å². The summed E-state index contributed by atoms with van der Waals surface area (Å²) < 4.78 is 7.15. The SMILES string of the molecule is COc1ccc(-c2ncnc3c(C#N)cn(-c4ccc(Cl)cc4)c23)cc1. The monoisotopic (exact) mass is 360 g/mol. The zero-order chi connectivity index (χ0) is 18.1. The minimum absolute atomic E-state index is 0.493. The number of aromatic nitrogens is 3. The molecule has 0 amide bonds. The summed E-state index contributed by atoms with van der Waals surface area (Å²) in [6.07, 6.45) is 3.25. The van der Waals surface area contributed by atoms with Gasteiger partial charge in [-0.3, -0.25) is 0 Å². The number of fused-ring (bicyclic) bond motifs is 1. The first kappa shape index (κ1) is 16.1. The summed E-state index contributed by atoms with van der Waals surface area (Å²) in [4.78, 5) is 8.81. The molecular formula is C20H13ClN4O. The van der Waals surface area contributed by atoms with E-state index in [9.17, 15) is 5.26 Å². The first-order chi connectivity index (χ1) is 12.7. The van der Waals surface area contributed by atoms with Gasteiger partial charge in [-0.2, -0.15) is 5.26 Å². The summed E-state index contributed by atoms with van der Waals surface area (Å²) in [5, 5.41) is 10.2. The molecule has 0 aliphatic rings. The van der Waals surface area contributed by atoms with E-state index in [1.807, 2.05) is 53.1 Å². The largest absolute Gasteiger partial charge is 0.497 e. The highest BCUT2D eigenvalue weighted by atomic mass is 35.5. The lowest BCUT2D eigenvalue weighted by atomic mass is 10.1. The predicted molar refractivity (Wildman–Crippen MR) is 101 cm³/mol. The molecule has 0 bridgehead atoms. The Hall–Kier alpha value is -3.36. The number of ether oxygens (including phenoxy) is 1. The molecule has 0 saturated heterocycles. The van der Waals surface area contributed by atoms with Crippen LogP contribution in [0.5, 0.6) is 5.75 Å². The van der Waals surface area contributed by atoms with Gasteiger partial charge < -0.3 is 9.30 Å². The highest BCUT2D eigenvalue weighted by molar-refractivity contribution is 6.30. The highest BCUT2D eigenvalue weighted by Gasteiger charge is 2.17. The summed E-state index contributed by atoms with van der Waals surface area (Å²) in [6.45, 7) is 0. The molecule has 4 aromatic rings. The number of hydrogen-bond donors (Lipinski definition) is 0. The Kier molecular flexibility index (Phi) is 4.04. The van der Waals surface area contributed by atoms with E-state index in [0.29, 0.717) is 16.1 Å². The molecule has 0 aliphatic carbocycles.